The Morgan fingerprint density at radius 3 is 1.96 bits per heavy atom. The van der Waals surface area contributed by atoms with E-state index in [1.165, 1.54) is 14.0 Å². The van der Waals surface area contributed by atoms with Gasteiger partial charge in [-0.3, -0.25) is 9.59 Å². The van der Waals surface area contributed by atoms with Gasteiger partial charge in [-0.15, -0.1) is 0 Å². The molecule has 0 saturated heterocycles. The Bertz CT molecular complexity index is 451. The molecule has 3 atom stereocenters. The maximum Gasteiger partial charge on any atom is 0.407 e. The highest BCUT2D eigenvalue weighted by molar-refractivity contribution is 5.91. The first-order valence-corrected chi connectivity index (χ1v) is 8.02. The number of carbonyl (C=O) groups excluding carboxylic acids is 4. The van der Waals surface area contributed by atoms with Gasteiger partial charge in [-0.1, -0.05) is 27.7 Å². The number of ether oxygens (including phenoxy) is 1. The molecule has 0 fully saturated rings. The smallest absolute Gasteiger partial charge is 0.407 e. The van der Waals surface area contributed by atoms with Crippen molar-refractivity contribution in [1.82, 2.24) is 16.0 Å². The van der Waals surface area contributed by atoms with Crippen molar-refractivity contribution in [2.45, 2.75) is 59.2 Å². The highest BCUT2D eigenvalue weighted by Crippen LogP contribution is 2.05. The standard InChI is InChI=1S/C16H29N3O5/c1-9(2)7-12(8-20)18-14(21)11(5)17-15(22)13(10(3)4)19-16(23)24-6/h8-13H,7H2,1-6H3,(H,17,22)(H,18,21)(H,19,23). The molecule has 3 unspecified atom stereocenters. The van der Waals surface area contributed by atoms with Crippen molar-refractivity contribution in [3.05, 3.63) is 0 Å². The van der Waals surface area contributed by atoms with Gasteiger partial charge in [0.1, 0.15) is 18.4 Å². The van der Waals surface area contributed by atoms with E-state index in [9.17, 15) is 19.2 Å². The molecule has 8 nitrogen and oxygen atoms in total. The van der Waals surface area contributed by atoms with Crippen LogP contribution in [-0.4, -0.2) is 49.4 Å². The van der Waals surface area contributed by atoms with Gasteiger partial charge in [0.05, 0.1) is 13.2 Å². The van der Waals surface area contributed by atoms with Gasteiger partial charge in [0.2, 0.25) is 11.8 Å². The van der Waals surface area contributed by atoms with Crippen LogP contribution in [0, 0.1) is 11.8 Å². The lowest BCUT2D eigenvalue weighted by atomic mass is 10.0. The minimum absolute atomic E-state index is 0.192. The van der Waals surface area contributed by atoms with Crippen molar-refractivity contribution in [2.75, 3.05) is 7.11 Å². The molecule has 0 heterocycles. The number of rotatable bonds is 9. The van der Waals surface area contributed by atoms with Crippen LogP contribution in [0.25, 0.3) is 0 Å². The molecule has 8 heteroatoms. The normalized spacial score (nSPS) is 14.5. The fourth-order valence-electron chi connectivity index (χ4n) is 2.05. The van der Waals surface area contributed by atoms with E-state index in [1.807, 2.05) is 13.8 Å². The molecule has 0 spiro atoms. The predicted molar refractivity (Wildman–Crippen MR) is 89.2 cm³/mol. The Morgan fingerprint density at radius 1 is 0.958 bits per heavy atom. The maximum atomic E-state index is 12.3. The summed E-state index contributed by atoms with van der Waals surface area (Å²) >= 11 is 0. The fraction of sp³-hybridized carbons (Fsp3) is 0.750. The van der Waals surface area contributed by atoms with E-state index >= 15 is 0 Å². The minimum atomic E-state index is -0.840. The molecule has 0 aliphatic carbocycles. The Balaban J connectivity index is 4.72. The van der Waals surface area contributed by atoms with E-state index in [-0.39, 0.29) is 11.8 Å². The molecule has 0 aliphatic rings. The first kappa shape index (κ1) is 21.9. The summed E-state index contributed by atoms with van der Waals surface area (Å²) in [5, 5.41) is 7.55. The Labute approximate surface area is 143 Å². The molecule has 138 valence electrons. The van der Waals surface area contributed by atoms with Crippen LogP contribution < -0.4 is 16.0 Å². The average molecular weight is 343 g/mol. The van der Waals surface area contributed by atoms with Gasteiger partial charge in [-0.05, 0) is 25.2 Å². The minimum Gasteiger partial charge on any atom is -0.453 e. The summed E-state index contributed by atoms with van der Waals surface area (Å²) in [6.07, 6.45) is 0.482. The molecule has 0 radical (unpaired) electrons. The summed E-state index contributed by atoms with van der Waals surface area (Å²) in [5.74, 6) is -0.894. The Hall–Kier alpha value is -2.12. The number of hydrogen-bond donors (Lipinski definition) is 3. The monoisotopic (exact) mass is 343 g/mol. The molecule has 3 amide bonds. The van der Waals surface area contributed by atoms with Crippen molar-refractivity contribution in [1.29, 1.82) is 0 Å². The highest BCUT2D eigenvalue weighted by Gasteiger charge is 2.27. The van der Waals surface area contributed by atoms with Crippen LogP contribution in [0.5, 0.6) is 0 Å². The maximum absolute atomic E-state index is 12.3. The second-order valence-corrected chi connectivity index (χ2v) is 6.47. The third-order valence-electron chi connectivity index (χ3n) is 3.38. The first-order chi connectivity index (χ1) is 11.1. The summed E-state index contributed by atoms with van der Waals surface area (Å²) in [5.41, 5.74) is 0. The second-order valence-electron chi connectivity index (χ2n) is 6.47. The third-order valence-corrected chi connectivity index (χ3v) is 3.38. The van der Waals surface area contributed by atoms with Gasteiger partial charge < -0.3 is 25.5 Å². The summed E-state index contributed by atoms with van der Waals surface area (Å²) < 4.78 is 4.49. The Morgan fingerprint density at radius 2 is 1.54 bits per heavy atom. The van der Waals surface area contributed by atoms with Crippen molar-refractivity contribution >= 4 is 24.2 Å². The van der Waals surface area contributed by atoms with Gasteiger partial charge >= 0.3 is 6.09 Å². The van der Waals surface area contributed by atoms with Crippen LogP contribution in [0.4, 0.5) is 4.79 Å². The van der Waals surface area contributed by atoms with Crippen LogP contribution in [0.3, 0.4) is 0 Å². The lowest BCUT2D eigenvalue weighted by Crippen LogP contribution is -2.55. The van der Waals surface area contributed by atoms with E-state index in [1.54, 1.807) is 13.8 Å². The molecular formula is C16H29N3O5. The van der Waals surface area contributed by atoms with Gasteiger partial charge in [0, 0.05) is 0 Å². The topological polar surface area (TPSA) is 114 Å². The Kier molecular flexibility index (Phi) is 9.68. The fourth-order valence-corrected chi connectivity index (χ4v) is 2.05. The van der Waals surface area contributed by atoms with Crippen molar-refractivity contribution in [3.63, 3.8) is 0 Å². The average Bonchev–Trinajstić information content (AvgIpc) is 2.50. The molecular weight excluding hydrogens is 314 g/mol. The van der Waals surface area contributed by atoms with Crippen molar-refractivity contribution < 1.29 is 23.9 Å². The van der Waals surface area contributed by atoms with Gasteiger partial charge in [-0.2, -0.15) is 0 Å². The van der Waals surface area contributed by atoms with Crippen molar-refractivity contribution in [3.8, 4) is 0 Å². The number of hydrogen-bond acceptors (Lipinski definition) is 5. The third kappa shape index (κ3) is 7.94. The molecule has 0 bridgehead atoms. The zero-order valence-electron chi connectivity index (χ0n) is 15.2. The van der Waals surface area contributed by atoms with E-state index in [0.29, 0.717) is 12.7 Å². The van der Waals surface area contributed by atoms with E-state index in [2.05, 4.69) is 20.7 Å². The molecule has 0 rings (SSSR count). The number of amides is 3. The second kappa shape index (κ2) is 10.6. The van der Waals surface area contributed by atoms with Crippen LogP contribution in [-0.2, 0) is 19.1 Å². The number of nitrogens with one attached hydrogen (secondary N) is 3. The van der Waals surface area contributed by atoms with E-state index < -0.39 is 36.0 Å². The summed E-state index contributed by atoms with van der Waals surface area (Å²) in [4.78, 5) is 46.7. The largest absolute Gasteiger partial charge is 0.453 e. The predicted octanol–water partition coefficient (Wildman–Crippen LogP) is 0.601. The van der Waals surface area contributed by atoms with Crippen LogP contribution in [0.15, 0.2) is 0 Å². The van der Waals surface area contributed by atoms with Crippen LogP contribution in [0.2, 0.25) is 0 Å². The quantitative estimate of drug-likeness (QED) is 0.531. The van der Waals surface area contributed by atoms with Crippen LogP contribution in [0.1, 0.15) is 41.0 Å². The summed E-state index contributed by atoms with van der Waals surface area (Å²) in [7, 11) is 1.20. The van der Waals surface area contributed by atoms with Gasteiger partial charge in [0.25, 0.3) is 0 Å². The summed E-state index contributed by atoms with van der Waals surface area (Å²) in [6.45, 7) is 8.92. The summed E-state index contributed by atoms with van der Waals surface area (Å²) in [6, 6.07) is -2.26. The first-order valence-electron chi connectivity index (χ1n) is 8.02. The SMILES string of the molecule is COC(=O)NC(C(=O)NC(C)C(=O)NC(C=O)CC(C)C)C(C)C. The molecule has 0 aromatic heterocycles. The van der Waals surface area contributed by atoms with Crippen LogP contribution >= 0.6 is 0 Å². The number of methoxy groups -OCH3 is 1. The zero-order valence-corrected chi connectivity index (χ0v) is 15.2. The zero-order chi connectivity index (χ0) is 18.9. The molecule has 3 N–H and O–H groups in total. The van der Waals surface area contributed by atoms with Gasteiger partial charge in [0.15, 0.2) is 0 Å². The molecule has 0 aromatic carbocycles. The molecule has 24 heavy (non-hydrogen) atoms. The number of aldehydes is 1. The molecule has 0 aliphatic heterocycles. The lowest BCUT2D eigenvalue weighted by molar-refractivity contribution is -0.131. The highest BCUT2D eigenvalue weighted by atomic mass is 16.5. The molecule has 0 saturated carbocycles. The van der Waals surface area contributed by atoms with E-state index in [4.69, 9.17) is 0 Å². The van der Waals surface area contributed by atoms with Gasteiger partial charge in [-0.25, -0.2) is 4.79 Å². The van der Waals surface area contributed by atoms with E-state index in [0.717, 1.165) is 0 Å². The molecule has 0 aromatic rings. The lowest BCUT2D eigenvalue weighted by Gasteiger charge is -2.24. The number of carbonyl (C=O) groups is 4. The van der Waals surface area contributed by atoms with Crippen molar-refractivity contribution in [2.24, 2.45) is 11.8 Å². The number of alkyl carbamates (subject to hydrolysis) is 1.